The lowest BCUT2D eigenvalue weighted by atomic mass is 9.91. The molecule has 1 fully saturated rings. The summed E-state index contributed by atoms with van der Waals surface area (Å²) >= 11 is 0. The minimum atomic E-state index is -0.418. The predicted octanol–water partition coefficient (Wildman–Crippen LogP) is 2.55. The van der Waals surface area contributed by atoms with E-state index >= 15 is 0 Å². The number of amides is 1. The first-order chi connectivity index (χ1) is 13.1. The van der Waals surface area contributed by atoms with Crippen molar-refractivity contribution in [1.82, 2.24) is 15.1 Å². The molecular weight excluding hydrogens is 342 g/mol. The SMILES string of the molecule is Cc1ccc(=O)n(C2CCC(NC(=O)C3CCc4ccccc4O3)CC2)n1. The summed E-state index contributed by atoms with van der Waals surface area (Å²) in [6.07, 6.45) is 4.54. The molecule has 0 saturated heterocycles. The molecule has 0 radical (unpaired) electrons. The zero-order valence-corrected chi connectivity index (χ0v) is 15.6. The fourth-order valence-electron chi connectivity index (χ4n) is 4.05. The Morgan fingerprint density at radius 1 is 1.11 bits per heavy atom. The first kappa shape index (κ1) is 17.8. The van der Waals surface area contributed by atoms with Gasteiger partial charge in [0, 0.05) is 12.1 Å². The molecule has 0 spiro atoms. The minimum Gasteiger partial charge on any atom is -0.480 e. The van der Waals surface area contributed by atoms with Crippen LogP contribution in [0.1, 0.15) is 49.4 Å². The van der Waals surface area contributed by atoms with Gasteiger partial charge in [0.15, 0.2) is 6.10 Å². The topological polar surface area (TPSA) is 73.2 Å². The number of benzene rings is 1. The molecule has 2 heterocycles. The van der Waals surface area contributed by atoms with E-state index in [9.17, 15) is 9.59 Å². The number of para-hydroxylation sites is 1. The number of rotatable bonds is 3. The maximum Gasteiger partial charge on any atom is 0.267 e. The van der Waals surface area contributed by atoms with Gasteiger partial charge in [-0.2, -0.15) is 5.10 Å². The highest BCUT2D eigenvalue weighted by atomic mass is 16.5. The summed E-state index contributed by atoms with van der Waals surface area (Å²) in [6, 6.07) is 11.5. The highest BCUT2D eigenvalue weighted by molar-refractivity contribution is 5.81. The van der Waals surface area contributed by atoms with Gasteiger partial charge < -0.3 is 10.1 Å². The predicted molar refractivity (Wildman–Crippen MR) is 102 cm³/mol. The Morgan fingerprint density at radius 3 is 2.70 bits per heavy atom. The fraction of sp³-hybridized carbons (Fsp3) is 0.476. The van der Waals surface area contributed by atoms with Gasteiger partial charge in [0.2, 0.25) is 0 Å². The maximum absolute atomic E-state index is 12.6. The average molecular weight is 367 g/mol. The zero-order valence-electron chi connectivity index (χ0n) is 15.6. The van der Waals surface area contributed by atoms with Crippen molar-refractivity contribution >= 4 is 5.91 Å². The van der Waals surface area contributed by atoms with Crippen LogP contribution >= 0.6 is 0 Å². The molecule has 4 rings (SSSR count). The standard InChI is InChI=1S/C21H25N3O3/c1-14-6-13-20(25)24(23-14)17-10-8-16(9-11-17)22-21(26)19-12-7-15-4-2-3-5-18(15)27-19/h2-6,13,16-17,19H,7-12H2,1H3,(H,22,26). The lowest BCUT2D eigenvalue weighted by Crippen LogP contribution is -2.46. The van der Waals surface area contributed by atoms with Crippen molar-refractivity contribution in [3.8, 4) is 5.75 Å². The molecule has 1 aromatic carbocycles. The number of aryl methyl sites for hydroxylation is 2. The molecule has 1 aromatic heterocycles. The summed E-state index contributed by atoms with van der Waals surface area (Å²) in [5, 5.41) is 7.52. The van der Waals surface area contributed by atoms with E-state index in [1.807, 2.05) is 31.2 Å². The Labute approximate surface area is 158 Å². The van der Waals surface area contributed by atoms with Gasteiger partial charge in [-0.1, -0.05) is 18.2 Å². The number of fused-ring (bicyclic) bond motifs is 1. The van der Waals surface area contributed by atoms with Gasteiger partial charge in [-0.25, -0.2) is 4.68 Å². The van der Waals surface area contributed by atoms with E-state index in [1.165, 1.54) is 0 Å². The van der Waals surface area contributed by atoms with Crippen molar-refractivity contribution in [3.05, 3.63) is 58.0 Å². The van der Waals surface area contributed by atoms with Gasteiger partial charge in [0.1, 0.15) is 5.75 Å². The lowest BCUT2D eigenvalue weighted by Gasteiger charge is -2.31. The monoisotopic (exact) mass is 367 g/mol. The van der Waals surface area contributed by atoms with E-state index in [4.69, 9.17) is 4.74 Å². The summed E-state index contributed by atoms with van der Waals surface area (Å²) in [5.74, 6) is 0.788. The van der Waals surface area contributed by atoms with Gasteiger partial charge in [0.25, 0.3) is 11.5 Å². The van der Waals surface area contributed by atoms with Gasteiger partial charge in [-0.3, -0.25) is 9.59 Å². The molecule has 1 amide bonds. The molecule has 1 aliphatic carbocycles. The van der Waals surface area contributed by atoms with Crippen LogP contribution in [0.2, 0.25) is 0 Å². The molecule has 2 aliphatic rings. The molecule has 0 bridgehead atoms. The molecule has 1 saturated carbocycles. The van der Waals surface area contributed by atoms with Crippen LogP contribution in [0.25, 0.3) is 0 Å². The van der Waals surface area contributed by atoms with E-state index in [-0.39, 0.29) is 23.6 Å². The second kappa shape index (κ2) is 7.55. The summed E-state index contributed by atoms with van der Waals surface area (Å²) in [4.78, 5) is 24.7. The van der Waals surface area contributed by atoms with Crippen LogP contribution in [0.3, 0.4) is 0 Å². The Hall–Kier alpha value is -2.63. The first-order valence-electron chi connectivity index (χ1n) is 9.71. The fourth-order valence-corrected chi connectivity index (χ4v) is 4.05. The minimum absolute atomic E-state index is 0.0289. The third kappa shape index (κ3) is 3.89. The molecule has 6 nitrogen and oxygen atoms in total. The van der Waals surface area contributed by atoms with Crippen molar-refractivity contribution in [2.45, 2.75) is 63.6 Å². The molecule has 142 valence electrons. The van der Waals surface area contributed by atoms with Crippen LogP contribution < -0.4 is 15.6 Å². The summed E-state index contributed by atoms with van der Waals surface area (Å²) in [5.41, 5.74) is 1.96. The van der Waals surface area contributed by atoms with Crippen LogP contribution in [0, 0.1) is 6.92 Å². The van der Waals surface area contributed by atoms with E-state index < -0.39 is 6.10 Å². The number of aromatic nitrogens is 2. The number of ether oxygens (including phenoxy) is 1. The Kier molecular flexibility index (Phi) is 4.97. The second-order valence-corrected chi connectivity index (χ2v) is 7.52. The summed E-state index contributed by atoms with van der Waals surface area (Å²) in [6.45, 7) is 1.89. The molecule has 1 N–H and O–H groups in total. The normalized spacial score (nSPS) is 24.6. The van der Waals surface area contributed by atoms with Gasteiger partial charge >= 0.3 is 0 Å². The average Bonchev–Trinajstić information content (AvgIpc) is 2.70. The maximum atomic E-state index is 12.6. The first-order valence-corrected chi connectivity index (χ1v) is 9.71. The summed E-state index contributed by atoms with van der Waals surface area (Å²) in [7, 11) is 0. The molecular formula is C21H25N3O3. The summed E-state index contributed by atoms with van der Waals surface area (Å²) < 4.78 is 7.49. The van der Waals surface area contributed by atoms with Crippen LogP contribution in [-0.4, -0.2) is 27.8 Å². The van der Waals surface area contributed by atoms with E-state index in [1.54, 1.807) is 16.8 Å². The van der Waals surface area contributed by atoms with Crippen LogP contribution in [-0.2, 0) is 11.2 Å². The third-order valence-corrected chi connectivity index (χ3v) is 5.56. The molecule has 1 atom stereocenters. The third-order valence-electron chi connectivity index (χ3n) is 5.56. The Morgan fingerprint density at radius 2 is 1.89 bits per heavy atom. The number of nitrogens with one attached hydrogen (secondary N) is 1. The number of carbonyl (C=O) groups excluding carboxylic acids is 1. The van der Waals surface area contributed by atoms with Crippen molar-refractivity contribution in [2.24, 2.45) is 0 Å². The van der Waals surface area contributed by atoms with Gasteiger partial charge in [-0.05, 0) is 63.1 Å². The van der Waals surface area contributed by atoms with Crippen LogP contribution in [0.5, 0.6) is 5.75 Å². The van der Waals surface area contributed by atoms with Crippen molar-refractivity contribution in [2.75, 3.05) is 0 Å². The Balaban J connectivity index is 1.32. The van der Waals surface area contributed by atoms with Crippen molar-refractivity contribution < 1.29 is 9.53 Å². The lowest BCUT2D eigenvalue weighted by molar-refractivity contribution is -0.129. The van der Waals surface area contributed by atoms with Crippen molar-refractivity contribution in [3.63, 3.8) is 0 Å². The zero-order chi connectivity index (χ0) is 18.8. The van der Waals surface area contributed by atoms with Crippen molar-refractivity contribution in [1.29, 1.82) is 0 Å². The second-order valence-electron chi connectivity index (χ2n) is 7.52. The number of nitrogens with zero attached hydrogens (tertiary/aromatic N) is 2. The molecule has 1 aliphatic heterocycles. The number of carbonyl (C=O) groups is 1. The van der Waals surface area contributed by atoms with Gasteiger partial charge in [-0.15, -0.1) is 0 Å². The largest absolute Gasteiger partial charge is 0.480 e. The van der Waals surface area contributed by atoms with Gasteiger partial charge in [0.05, 0.1) is 11.7 Å². The molecule has 27 heavy (non-hydrogen) atoms. The molecule has 2 aromatic rings. The van der Waals surface area contributed by atoms with E-state index in [0.717, 1.165) is 49.1 Å². The van der Waals surface area contributed by atoms with Crippen LogP contribution in [0.4, 0.5) is 0 Å². The highest BCUT2D eigenvalue weighted by Crippen LogP contribution is 2.29. The highest BCUT2D eigenvalue weighted by Gasteiger charge is 2.30. The van der Waals surface area contributed by atoms with E-state index in [0.29, 0.717) is 6.42 Å². The smallest absolute Gasteiger partial charge is 0.267 e. The molecule has 6 heteroatoms. The Bertz CT molecular complexity index is 884. The number of hydrogen-bond acceptors (Lipinski definition) is 4. The van der Waals surface area contributed by atoms with Crippen LogP contribution in [0.15, 0.2) is 41.2 Å². The molecule has 1 unspecified atom stereocenters. The quantitative estimate of drug-likeness (QED) is 0.905. The number of hydrogen-bond donors (Lipinski definition) is 1. The van der Waals surface area contributed by atoms with E-state index in [2.05, 4.69) is 10.4 Å².